The van der Waals surface area contributed by atoms with Gasteiger partial charge in [-0.1, -0.05) is 79.7 Å². The fourth-order valence-corrected chi connectivity index (χ4v) is 12.5. The van der Waals surface area contributed by atoms with Gasteiger partial charge < -0.3 is 19.6 Å². The lowest BCUT2D eigenvalue weighted by Gasteiger charge is -2.36. The first-order valence-corrected chi connectivity index (χ1v) is 29.8. The first-order valence-electron chi connectivity index (χ1n) is 29.8. The van der Waals surface area contributed by atoms with Gasteiger partial charge in [-0.15, -0.1) is 0 Å². The molecule has 0 aliphatic heterocycles. The van der Waals surface area contributed by atoms with Gasteiger partial charge in [-0.3, -0.25) is 39.9 Å². The van der Waals surface area contributed by atoms with Crippen molar-refractivity contribution in [1.29, 1.82) is 0 Å². The Balaban J connectivity index is 1.36. The van der Waals surface area contributed by atoms with E-state index in [4.69, 9.17) is 39.9 Å². The van der Waals surface area contributed by atoms with Crippen LogP contribution < -0.4 is 19.6 Å². The van der Waals surface area contributed by atoms with Crippen molar-refractivity contribution in [3.63, 3.8) is 0 Å². The maximum atomic E-state index is 4.74. The van der Waals surface area contributed by atoms with E-state index in [0.29, 0.717) is 0 Å². The Hall–Kier alpha value is -9.68. The summed E-state index contributed by atoms with van der Waals surface area (Å²) in [6.07, 6.45) is 37.8. The van der Waals surface area contributed by atoms with Gasteiger partial charge in [0.1, 0.15) is 0 Å². The maximum absolute atomic E-state index is 4.74. The minimum Gasteiger partial charge on any atom is -0.309 e. The molecule has 0 spiro atoms. The number of pyridine rings is 8. The topological polar surface area (TPSA) is 116 Å². The predicted octanol–water partition coefficient (Wildman–Crippen LogP) is 18.1. The third-order valence-electron chi connectivity index (χ3n) is 16.8. The third kappa shape index (κ3) is 9.54. The molecule has 0 bridgehead atoms. The number of anilines is 12. The summed E-state index contributed by atoms with van der Waals surface area (Å²) in [6, 6.07) is 31.8. The predicted molar refractivity (Wildman–Crippen MR) is 346 cm³/mol. The number of aryl methyl sites for hydroxylation is 8. The molecule has 8 heterocycles. The van der Waals surface area contributed by atoms with E-state index < -0.39 is 0 Å². The molecule has 0 aliphatic rings. The molecule has 8 aromatic heterocycles. The fraction of sp³-hybridized carbons (Fsp3) is 0.222. The molecule has 0 amide bonds. The minimum atomic E-state index is 0.774. The van der Waals surface area contributed by atoms with Gasteiger partial charge >= 0.3 is 0 Å². The van der Waals surface area contributed by atoms with Gasteiger partial charge in [-0.2, -0.15) is 0 Å². The quantitative estimate of drug-likeness (QED) is 0.0677. The molecule has 12 nitrogen and oxygen atoms in total. The summed E-state index contributed by atoms with van der Waals surface area (Å²) >= 11 is 0. The molecule has 418 valence electrons. The molecular weight excluding hydrogens is 1030 g/mol. The molecule has 12 heteroatoms. The van der Waals surface area contributed by atoms with E-state index in [1.807, 2.05) is 99.1 Å². The van der Waals surface area contributed by atoms with Crippen LogP contribution in [0.4, 0.5) is 68.2 Å². The number of aromatic nitrogens is 8. The van der Waals surface area contributed by atoms with Gasteiger partial charge in [-0.25, -0.2) is 0 Å². The second kappa shape index (κ2) is 24.0. The molecule has 0 atom stereocenters. The molecule has 12 aromatic rings. The van der Waals surface area contributed by atoms with Gasteiger partial charge in [0.2, 0.25) is 0 Å². The lowest BCUT2D eigenvalue weighted by atomic mass is 9.88. The third-order valence-corrected chi connectivity index (χ3v) is 16.8. The average Bonchev–Trinajstić information content (AvgIpc) is 1.02. The zero-order valence-electron chi connectivity index (χ0n) is 49.3. The molecule has 84 heavy (non-hydrogen) atoms. The van der Waals surface area contributed by atoms with Crippen molar-refractivity contribution in [2.24, 2.45) is 0 Å². The number of rotatable bonds is 20. The van der Waals surface area contributed by atoms with Crippen LogP contribution in [0.5, 0.6) is 0 Å². The van der Waals surface area contributed by atoms with Crippen molar-refractivity contribution in [1.82, 2.24) is 39.9 Å². The lowest BCUT2D eigenvalue weighted by molar-refractivity contribution is 1.05. The zero-order valence-corrected chi connectivity index (χ0v) is 49.3. The summed E-state index contributed by atoms with van der Waals surface area (Å²) in [5, 5.41) is 6.62. The molecular formula is C72H70N12. The Morgan fingerprint density at radius 1 is 0.214 bits per heavy atom. The molecule has 0 radical (unpaired) electrons. The van der Waals surface area contributed by atoms with Crippen LogP contribution in [0.25, 0.3) is 32.3 Å². The van der Waals surface area contributed by atoms with E-state index in [1.54, 1.807) is 0 Å². The first kappa shape index (κ1) is 54.9. The van der Waals surface area contributed by atoms with Crippen LogP contribution in [0, 0.1) is 0 Å². The highest BCUT2D eigenvalue weighted by atomic mass is 15.2. The van der Waals surface area contributed by atoms with Crippen molar-refractivity contribution in [3.05, 3.63) is 229 Å². The summed E-state index contributed by atoms with van der Waals surface area (Å²) < 4.78 is 0. The highest BCUT2D eigenvalue weighted by Crippen LogP contribution is 2.56. The Bertz CT molecular complexity index is 3600. The smallest absolute Gasteiger partial charge is 0.0561 e. The van der Waals surface area contributed by atoms with Crippen LogP contribution in [0.3, 0.4) is 0 Å². The monoisotopic (exact) mass is 1100 g/mol. The van der Waals surface area contributed by atoms with E-state index in [9.17, 15) is 0 Å². The van der Waals surface area contributed by atoms with Gasteiger partial charge in [-0.05, 0) is 157 Å². The normalized spacial score (nSPS) is 11.5. The molecule has 0 aliphatic carbocycles. The highest BCUT2D eigenvalue weighted by Gasteiger charge is 2.32. The van der Waals surface area contributed by atoms with Crippen molar-refractivity contribution in [2.75, 3.05) is 19.6 Å². The van der Waals surface area contributed by atoms with Crippen LogP contribution in [-0.4, -0.2) is 39.9 Å². The summed E-state index contributed by atoms with van der Waals surface area (Å²) in [5.41, 5.74) is 21.5. The van der Waals surface area contributed by atoms with Crippen LogP contribution in [0.15, 0.2) is 184 Å². The molecule has 4 aromatic carbocycles. The van der Waals surface area contributed by atoms with E-state index in [2.05, 4.69) is 160 Å². The highest BCUT2D eigenvalue weighted by molar-refractivity contribution is 6.33. The van der Waals surface area contributed by atoms with E-state index in [1.165, 1.54) is 0 Å². The number of hydrogen-bond acceptors (Lipinski definition) is 12. The number of hydrogen-bond donors (Lipinski definition) is 0. The van der Waals surface area contributed by atoms with Crippen LogP contribution in [-0.2, 0) is 51.4 Å². The van der Waals surface area contributed by atoms with Crippen molar-refractivity contribution < 1.29 is 0 Å². The largest absolute Gasteiger partial charge is 0.309 e. The van der Waals surface area contributed by atoms with E-state index >= 15 is 0 Å². The van der Waals surface area contributed by atoms with Crippen LogP contribution in [0.2, 0.25) is 0 Å². The summed E-state index contributed by atoms with van der Waals surface area (Å²) in [4.78, 5) is 47.8. The SMILES string of the molecule is CCc1cnccc1N(c1ccncc1CC)c1cc(N(c2ccncc2CC)c2ccncc2CC)c2ccc3c(N(c4ccncc4CC)c4ccncc4CC)cc(N(c4ccncc4CC)c4ccncc4CC)c4ccc1c2c43. The lowest BCUT2D eigenvalue weighted by Crippen LogP contribution is -2.19. The summed E-state index contributed by atoms with van der Waals surface area (Å²) in [5.74, 6) is 0. The molecule has 0 saturated carbocycles. The molecule has 0 N–H and O–H groups in total. The van der Waals surface area contributed by atoms with E-state index in [0.717, 1.165) is 196 Å². The Labute approximate surface area is 493 Å². The summed E-state index contributed by atoms with van der Waals surface area (Å²) in [7, 11) is 0. The molecule has 12 rings (SSSR count). The first-order chi connectivity index (χ1) is 41.4. The van der Waals surface area contributed by atoms with Gasteiger partial charge in [0, 0.05) is 131 Å². The Kier molecular flexibility index (Phi) is 15.7. The van der Waals surface area contributed by atoms with Crippen molar-refractivity contribution >= 4 is 101 Å². The average molecular weight is 1100 g/mol. The molecule has 0 unspecified atom stereocenters. The molecule has 0 saturated heterocycles. The fourth-order valence-electron chi connectivity index (χ4n) is 12.5. The Morgan fingerprint density at radius 3 is 0.512 bits per heavy atom. The number of benzene rings is 4. The van der Waals surface area contributed by atoms with Crippen LogP contribution in [0.1, 0.15) is 99.9 Å². The number of nitrogens with zero attached hydrogens (tertiary/aromatic N) is 12. The van der Waals surface area contributed by atoms with Crippen molar-refractivity contribution in [2.45, 2.75) is 107 Å². The van der Waals surface area contributed by atoms with Gasteiger partial charge in [0.05, 0.1) is 68.2 Å². The second-order valence-corrected chi connectivity index (χ2v) is 21.1. The maximum Gasteiger partial charge on any atom is 0.0561 e. The second-order valence-electron chi connectivity index (χ2n) is 21.1. The summed E-state index contributed by atoms with van der Waals surface area (Å²) in [6.45, 7) is 17.7. The zero-order chi connectivity index (χ0) is 57.8. The minimum absolute atomic E-state index is 0.774. The standard InChI is InChI=1S/C72H70N12/c1-9-47-39-73-29-21-59(47)81(60-22-30-74-40-48(60)10-2)67-37-68(82(61-23-31-75-41-49(61)11-3)62-24-32-76-42-50(62)12-4)56-19-20-58-70(84(65-27-35-79-45-53(65)15-7)66-28-36-80-46-54(66)16-8)38-69(57-18-17-55(67)71(56)72(57)58)83(63-25-33-77-43-51(63)13-5)64-26-34-78-44-52(64)14-6/h17-46H,9-16H2,1-8H3. The van der Waals surface area contributed by atoms with E-state index in [-0.39, 0.29) is 0 Å². The van der Waals surface area contributed by atoms with Crippen molar-refractivity contribution in [3.8, 4) is 0 Å². The van der Waals surface area contributed by atoms with Crippen LogP contribution >= 0.6 is 0 Å². The molecule has 0 fully saturated rings. The Morgan fingerprint density at radius 2 is 0.369 bits per heavy atom. The van der Waals surface area contributed by atoms with Gasteiger partial charge in [0.15, 0.2) is 0 Å². The van der Waals surface area contributed by atoms with Gasteiger partial charge in [0.25, 0.3) is 0 Å².